The van der Waals surface area contributed by atoms with Crippen molar-refractivity contribution in [3.05, 3.63) is 24.3 Å². The van der Waals surface area contributed by atoms with Gasteiger partial charge in [0.25, 0.3) is 0 Å². The van der Waals surface area contributed by atoms with E-state index in [1.165, 1.54) is 83.5 Å². The van der Waals surface area contributed by atoms with E-state index in [9.17, 15) is 20.1 Å². The molecule has 0 spiro atoms. The lowest BCUT2D eigenvalue weighted by Crippen LogP contribution is -2.48. The first kappa shape index (κ1) is 34.8. The van der Waals surface area contributed by atoms with Gasteiger partial charge in [0.05, 0.1) is 18.8 Å². The maximum Gasteiger partial charge on any atom is 0.249 e. The van der Waals surface area contributed by atoms with E-state index >= 15 is 0 Å². The first-order valence-electron chi connectivity index (χ1n) is 15.2. The van der Waals surface area contributed by atoms with Gasteiger partial charge in [-0.1, -0.05) is 134 Å². The van der Waals surface area contributed by atoms with E-state index in [-0.39, 0.29) is 6.61 Å². The molecule has 0 rings (SSSR count). The molecule has 5 heteroatoms. The third-order valence-electron chi connectivity index (χ3n) is 6.79. The molecule has 0 aromatic heterocycles. The van der Waals surface area contributed by atoms with E-state index in [1.54, 1.807) is 6.08 Å². The van der Waals surface area contributed by atoms with E-state index in [1.807, 2.05) is 6.08 Å². The Hall–Kier alpha value is -1.17. The van der Waals surface area contributed by atoms with Crippen molar-refractivity contribution in [2.75, 3.05) is 6.61 Å². The number of hydrogen-bond donors (Lipinski definition) is 4. The van der Waals surface area contributed by atoms with E-state index in [2.05, 4.69) is 31.3 Å². The predicted octanol–water partition coefficient (Wildman–Crippen LogP) is 7.14. The molecule has 0 heterocycles. The van der Waals surface area contributed by atoms with Crippen LogP contribution in [0.4, 0.5) is 0 Å². The van der Waals surface area contributed by atoms with Crippen LogP contribution in [0.5, 0.6) is 0 Å². The van der Waals surface area contributed by atoms with Crippen LogP contribution in [-0.4, -0.2) is 46.1 Å². The highest BCUT2D eigenvalue weighted by atomic mass is 16.3. The summed E-state index contributed by atoms with van der Waals surface area (Å²) < 4.78 is 0. The van der Waals surface area contributed by atoms with E-state index in [0.717, 1.165) is 38.5 Å². The van der Waals surface area contributed by atoms with E-state index in [4.69, 9.17) is 0 Å². The third-order valence-corrected chi connectivity index (χ3v) is 6.79. The molecule has 0 fully saturated rings. The van der Waals surface area contributed by atoms with Crippen molar-refractivity contribution in [2.45, 2.75) is 161 Å². The second-order valence-electron chi connectivity index (χ2n) is 10.3. The number of aliphatic hydroxyl groups is 3. The minimum absolute atomic E-state index is 0.375. The highest BCUT2D eigenvalue weighted by Crippen LogP contribution is 2.12. The van der Waals surface area contributed by atoms with Crippen molar-refractivity contribution in [1.29, 1.82) is 0 Å². The van der Waals surface area contributed by atoms with Crippen molar-refractivity contribution in [3.8, 4) is 0 Å². The number of rotatable bonds is 26. The fraction of sp³-hybridized carbons (Fsp3) is 0.839. The highest BCUT2D eigenvalue weighted by molar-refractivity contribution is 5.80. The van der Waals surface area contributed by atoms with Gasteiger partial charge in [0.1, 0.15) is 6.10 Å². The summed E-state index contributed by atoms with van der Waals surface area (Å²) in [7, 11) is 0. The maximum absolute atomic E-state index is 12.2. The zero-order chi connectivity index (χ0) is 26.7. The average molecular weight is 510 g/mol. The molecule has 0 aromatic rings. The molecule has 4 N–H and O–H groups in total. The van der Waals surface area contributed by atoms with Gasteiger partial charge in [-0.15, -0.1) is 0 Å². The standard InChI is InChI=1S/C31H59NO4/c1-3-5-7-9-11-13-14-15-16-17-18-20-21-23-25-29(34)28(27-33)32-31(36)30(35)26-24-22-19-12-10-8-6-4-2/h17-18,23,25,28-30,33-35H,3-16,19-22,24,26-27H2,1-2H3,(H,32,36)/b18-17+,25-23+. The van der Waals surface area contributed by atoms with Crippen molar-refractivity contribution in [1.82, 2.24) is 5.32 Å². The van der Waals surface area contributed by atoms with Crippen LogP contribution >= 0.6 is 0 Å². The summed E-state index contributed by atoms with van der Waals surface area (Å²) in [6.45, 7) is 4.09. The molecule has 0 aliphatic heterocycles. The maximum atomic E-state index is 12.2. The van der Waals surface area contributed by atoms with E-state index in [0.29, 0.717) is 6.42 Å². The normalized spacial score (nSPS) is 14.5. The van der Waals surface area contributed by atoms with Gasteiger partial charge >= 0.3 is 0 Å². The van der Waals surface area contributed by atoms with Gasteiger partial charge in [-0.05, 0) is 32.1 Å². The van der Waals surface area contributed by atoms with Crippen LogP contribution in [-0.2, 0) is 4.79 Å². The molecule has 1 amide bonds. The average Bonchev–Trinajstić information content (AvgIpc) is 2.88. The number of carbonyl (C=O) groups excluding carboxylic acids is 1. The molecule has 0 aliphatic rings. The summed E-state index contributed by atoms with van der Waals surface area (Å²) in [4.78, 5) is 12.2. The van der Waals surface area contributed by atoms with Crippen molar-refractivity contribution >= 4 is 5.91 Å². The minimum atomic E-state index is -1.10. The van der Waals surface area contributed by atoms with Crippen molar-refractivity contribution < 1.29 is 20.1 Å². The quantitative estimate of drug-likeness (QED) is 0.0737. The SMILES string of the molecule is CCCCCCCCCC/C=C/CC/C=C/C(O)C(CO)NC(=O)C(O)CCCCCCCCCC. The first-order chi connectivity index (χ1) is 17.6. The molecule has 0 saturated carbocycles. The lowest BCUT2D eigenvalue weighted by Gasteiger charge is -2.21. The molecule has 0 radical (unpaired) electrons. The van der Waals surface area contributed by atoms with Crippen LogP contribution in [0.25, 0.3) is 0 Å². The highest BCUT2D eigenvalue weighted by Gasteiger charge is 2.22. The number of aliphatic hydroxyl groups excluding tert-OH is 3. The molecular formula is C31H59NO4. The largest absolute Gasteiger partial charge is 0.394 e. The predicted molar refractivity (Wildman–Crippen MR) is 153 cm³/mol. The Morgan fingerprint density at radius 3 is 1.69 bits per heavy atom. The monoisotopic (exact) mass is 509 g/mol. The molecule has 0 bridgehead atoms. The van der Waals surface area contributed by atoms with Crippen LogP contribution in [0.3, 0.4) is 0 Å². The summed E-state index contributed by atoms with van der Waals surface area (Å²) in [6.07, 6.45) is 29.1. The third kappa shape index (κ3) is 22.1. The lowest BCUT2D eigenvalue weighted by molar-refractivity contribution is -0.131. The number of unbranched alkanes of at least 4 members (excludes halogenated alkanes) is 16. The Kier molecular flexibility index (Phi) is 26.0. The Bertz CT molecular complexity index is 535. The van der Waals surface area contributed by atoms with Gasteiger partial charge in [0.15, 0.2) is 0 Å². The second kappa shape index (κ2) is 26.9. The van der Waals surface area contributed by atoms with E-state index < -0.39 is 24.2 Å². The molecule has 0 saturated heterocycles. The van der Waals surface area contributed by atoms with Crippen LogP contribution < -0.4 is 5.32 Å². The smallest absolute Gasteiger partial charge is 0.249 e. The van der Waals surface area contributed by atoms with Crippen LogP contribution in [0.2, 0.25) is 0 Å². The summed E-state index contributed by atoms with van der Waals surface area (Å²) in [5.74, 6) is -0.520. The number of carbonyl (C=O) groups is 1. The molecule has 5 nitrogen and oxygen atoms in total. The van der Waals surface area contributed by atoms with Crippen LogP contribution in [0, 0.1) is 0 Å². The lowest BCUT2D eigenvalue weighted by atomic mass is 10.0. The van der Waals surface area contributed by atoms with Gasteiger partial charge in [-0.2, -0.15) is 0 Å². The summed E-state index contributed by atoms with van der Waals surface area (Å²) >= 11 is 0. The Morgan fingerprint density at radius 2 is 1.14 bits per heavy atom. The Balaban J connectivity index is 3.89. The van der Waals surface area contributed by atoms with Gasteiger partial charge in [-0.3, -0.25) is 4.79 Å². The Morgan fingerprint density at radius 1 is 0.667 bits per heavy atom. The van der Waals surface area contributed by atoms with Gasteiger partial charge in [0.2, 0.25) is 5.91 Å². The first-order valence-corrected chi connectivity index (χ1v) is 15.2. The molecule has 36 heavy (non-hydrogen) atoms. The molecule has 212 valence electrons. The van der Waals surface area contributed by atoms with Gasteiger partial charge in [0, 0.05) is 0 Å². The zero-order valence-electron chi connectivity index (χ0n) is 23.6. The summed E-state index contributed by atoms with van der Waals surface area (Å²) in [5.41, 5.74) is 0. The molecular weight excluding hydrogens is 450 g/mol. The van der Waals surface area contributed by atoms with Crippen molar-refractivity contribution in [2.24, 2.45) is 0 Å². The Labute approximate surface area is 222 Å². The van der Waals surface area contributed by atoms with Gasteiger partial charge < -0.3 is 20.6 Å². The minimum Gasteiger partial charge on any atom is -0.394 e. The van der Waals surface area contributed by atoms with Crippen molar-refractivity contribution in [3.63, 3.8) is 0 Å². The molecule has 0 aromatic carbocycles. The fourth-order valence-corrected chi connectivity index (χ4v) is 4.31. The van der Waals surface area contributed by atoms with Crippen LogP contribution in [0.15, 0.2) is 24.3 Å². The van der Waals surface area contributed by atoms with Crippen LogP contribution in [0.1, 0.15) is 142 Å². The number of nitrogens with one attached hydrogen (secondary N) is 1. The number of amides is 1. The second-order valence-corrected chi connectivity index (χ2v) is 10.3. The summed E-state index contributed by atoms with van der Waals surface area (Å²) in [6, 6.07) is -0.806. The number of allylic oxidation sites excluding steroid dienone is 3. The topological polar surface area (TPSA) is 89.8 Å². The molecule has 3 unspecified atom stereocenters. The number of hydrogen-bond acceptors (Lipinski definition) is 4. The zero-order valence-corrected chi connectivity index (χ0v) is 23.6. The fourth-order valence-electron chi connectivity index (χ4n) is 4.31. The van der Waals surface area contributed by atoms with Gasteiger partial charge in [-0.25, -0.2) is 0 Å². The molecule has 3 atom stereocenters. The summed E-state index contributed by atoms with van der Waals surface area (Å²) in [5, 5.41) is 32.6. The molecule has 0 aliphatic carbocycles.